The van der Waals surface area contributed by atoms with Crippen LogP contribution in [0.1, 0.15) is 23.9 Å². The van der Waals surface area contributed by atoms with E-state index in [0.717, 1.165) is 54.6 Å². The SMILES string of the molecule is CN(C)C[C@@H]1CN(c2ccc3c(c2)CN2CC(C)(c4ccc(F)cc4)C=C2c2nccn2-3)C[C@H]1O. The van der Waals surface area contributed by atoms with Crippen LogP contribution in [0.5, 0.6) is 0 Å². The van der Waals surface area contributed by atoms with Gasteiger partial charge >= 0.3 is 0 Å². The van der Waals surface area contributed by atoms with Crippen LogP contribution in [0.4, 0.5) is 10.1 Å². The highest BCUT2D eigenvalue weighted by Crippen LogP contribution is 2.42. The molecule has 7 heteroatoms. The minimum absolute atomic E-state index is 0.214. The third-order valence-electron chi connectivity index (χ3n) is 7.74. The summed E-state index contributed by atoms with van der Waals surface area (Å²) in [6.45, 7) is 6.18. The molecule has 1 N–H and O–H groups in total. The maximum atomic E-state index is 13.6. The molecule has 0 spiro atoms. The molecule has 4 heterocycles. The van der Waals surface area contributed by atoms with Gasteiger partial charge in [0.1, 0.15) is 5.82 Å². The standard InChI is InChI=1S/C28H32FN5O/c1-28(21-4-6-22(29)7-5-21)13-25-27-30-10-11-34(27)24-9-8-23(12-19(24)15-33(25)18-28)32-16-20(14-31(2)3)26(35)17-32/h4-13,20,26,35H,14-18H2,1-3H3/t20-,26-,28?/m1/s1. The van der Waals surface area contributed by atoms with E-state index in [9.17, 15) is 9.50 Å². The van der Waals surface area contributed by atoms with Crippen molar-refractivity contribution in [2.75, 3.05) is 45.2 Å². The first-order valence-electron chi connectivity index (χ1n) is 12.3. The van der Waals surface area contributed by atoms with Crippen molar-refractivity contribution in [2.24, 2.45) is 5.92 Å². The van der Waals surface area contributed by atoms with Gasteiger partial charge in [-0.15, -0.1) is 0 Å². The summed E-state index contributed by atoms with van der Waals surface area (Å²) in [5.74, 6) is 0.966. The molecule has 3 atom stereocenters. The van der Waals surface area contributed by atoms with E-state index >= 15 is 0 Å². The number of aromatic nitrogens is 2. The quantitative estimate of drug-likeness (QED) is 0.629. The van der Waals surface area contributed by atoms with Crippen molar-refractivity contribution in [3.8, 4) is 5.69 Å². The second-order valence-electron chi connectivity index (χ2n) is 10.7. The molecule has 0 radical (unpaired) electrons. The predicted octanol–water partition coefficient (Wildman–Crippen LogP) is 3.50. The summed E-state index contributed by atoms with van der Waals surface area (Å²) in [7, 11) is 4.11. The molecule has 182 valence electrons. The number of aliphatic hydroxyl groups excluding tert-OH is 1. The smallest absolute Gasteiger partial charge is 0.160 e. The van der Waals surface area contributed by atoms with E-state index in [2.05, 4.69) is 64.6 Å². The Balaban J connectivity index is 1.34. The first-order chi connectivity index (χ1) is 16.8. The van der Waals surface area contributed by atoms with E-state index < -0.39 is 0 Å². The van der Waals surface area contributed by atoms with Gasteiger partial charge in [-0.2, -0.15) is 0 Å². The summed E-state index contributed by atoms with van der Waals surface area (Å²) in [5.41, 5.74) is 5.52. The monoisotopic (exact) mass is 473 g/mol. The number of anilines is 1. The van der Waals surface area contributed by atoms with Gasteiger partial charge in [0.05, 0.1) is 17.5 Å². The second-order valence-corrected chi connectivity index (χ2v) is 10.7. The third-order valence-corrected chi connectivity index (χ3v) is 7.74. The Bertz CT molecular complexity index is 1280. The van der Waals surface area contributed by atoms with E-state index in [0.29, 0.717) is 6.54 Å². The molecule has 1 unspecified atom stereocenters. The summed E-state index contributed by atoms with van der Waals surface area (Å²) in [6.07, 6.45) is 5.85. The lowest BCUT2D eigenvalue weighted by atomic mass is 9.83. The maximum absolute atomic E-state index is 13.6. The van der Waals surface area contributed by atoms with Crippen molar-refractivity contribution in [1.82, 2.24) is 19.4 Å². The average Bonchev–Trinajstić information content (AvgIpc) is 3.50. The summed E-state index contributed by atoms with van der Waals surface area (Å²) >= 11 is 0. The van der Waals surface area contributed by atoms with Gasteiger partial charge in [0.2, 0.25) is 0 Å². The molecule has 0 amide bonds. The second kappa shape index (κ2) is 8.21. The minimum Gasteiger partial charge on any atom is -0.391 e. The van der Waals surface area contributed by atoms with Crippen LogP contribution >= 0.6 is 0 Å². The number of hydrogen-bond donors (Lipinski definition) is 1. The van der Waals surface area contributed by atoms with Crippen molar-refractivity contribution in [3.05, 3.63) is 83.7 Å². The highest BCUT2D eigenvalue weighted by molar-refractivity contribution is 5.70. The van der Waals surface area contributed by atoms with E-state index in [1.807, 2.05) is 24.5 Å². The molecule has 3 aliphatic heterocycles. The van der Waals surface area contributed by atoms with Gasteiger partial charge in [-0.05, 0) is 61.6 Å². The molecule has 0 bridgehead atoms. The lowest BCUT2D eigenvalue weighted by molar-refractivity contribution is 0.130. The Labute approximate surface area is 205 Å². The van der Waals surface area contributed by atoms with Crippen LogP contribution in [0.3, 0.4) is 0 Å². The van der Waals surface area contributed by atoms with Gasteiger partial charge in [-0.25, -0.2) is 9.37 Å². The molecule has 2 aromatic carbocycles. The number of aliphatic hydroxyl groups is 1. The average molecular weight is 474 g/mol. The van der Waals surface area contributed by atoms with Gasteiger partial charge in [-0.3, -0.25) is 4.57 Å². The van der Waals surface area contributed by atoms with Crippen LogP contribution in [0, 0.1) is 11.7 Å². The Morgan fingerprint density at radius 3 is 2.69 bits per heavy atom. The van der Waals surface area contributed by atoms with E-state index in [1.165, 1.54) is 5.56 Å². The summed E-state index contributed by atoms with van der Waals surface area (Å²) < 4.78 is 15.8. The molecule has 3 aromatic rings. The van der Waals surface area contributed by atoms with Gasteiger partial charge in [-0.1, -0.05) is 19.1 Å². The van der Waals surface area contributed by atoms with E-state index in [-0.39, 0.29) is 23.3 Å². The number of benzene rings is 2. The summed E-state index contributed by atoms with van der Waals surface area (Å²) in [6, 6.07) is 13.5. The van der Waals surface area contributed by atoms with Gasteiger partial charge in [0, 0.05) is 62.1 Å². The third kappa shape index (κ3) is 3.83. The Kier molecular flexibility index (Phi) is 5.23. The fourth-order valence-corrected chi connectivity index (χ4v) is 6.01. The van der Waals surface area contributed by atoms with Crippen molar-refractivity contribution in [2.45, 2.75) is 25.0 Å². The number of β-amino-alcohol motifs (C(OH)–C–C–N with tert-alkyl or cyclic N) is 1. The first-order valence-corrected chi connectivity index (χ1v) is 12.3. The van der Waals surface area contributed by atoms with Crippen molar-refractivity contribution >= 4 is 11.4 Å². The zero-order chi connectivity index (χ0) is 24.3. The first kappa shape index (κ1) is 22.3. The highest BCUT2D eigenvalue weighted by atomic mass is 19.1. The normalized spacial score (nSPS) is 25.4. The largest absolute Gasteiger partial charge is 0.391 e. The number of rotatable bonds is 4. The Morgan fingerprint density at radius 1 is 1.11 bits per heavy atom. The van der Waals surface area contributed by atoms with Gasteiger partial charge in [0.15, 0.2) is 5.82 Å². The molecule has 0 saturated carbocycles. The lowest BCUT2D eigenvalue weighted by Crippen LogP contribution is -2.29. The van der Waals surface area contributed by atoms with Gasteiger partial charge in [0.25, 0.3) is 0 Å². The van der Waals surface area contributed by atoms with E-state index in [4.69, 9.17) is 4.98 Å². The van der Waals surface area contributed by atoms with Crippen molar-refractivity contribution < 1.29 is 9.50 Å². The maximum Gasteiger partial charge on any atom is 0.160 e. The van der Waals surface area contributed by atoms with Crippen LogP contribution in [0.15, 0.2) is 60.9 Å². The van der Waals surface area contributed by atoms with Crippen LogP contribution < -0.4 is 4.90 Å². The number of halogens is 1. The van der Waals surface area contributed by atoms with Crippen LogP contribution in [0.2, 0.25) is 0 Å². The Morgan fingerprint density at radius 2 is 1.91 bits per heavy atom. The molecule has 6 nitrogen and oxygen atoms in total. The zero-order valence-corrected chi connectivity index (χ0v) is 20.5. The minimum atomic E-state index is -0.319. The number of nitrogens with zero attached hydrogens (tertiary/aromatic N) is 5. The number of fused-ring (bicyclic) bond motifs is 5. The molecular weight excluding hydrogens is 441 g/mol. The molecule has 1 saturated heterocycles. The van der Waals surface area contributed by atoms with Crippen LogP contribution in [0.25, 0.3) is 11.4 Å². The number of imidazole rings is 1. The fourth-order valence-electron chi connectivity index (χ4n) is 6.01. The molecule has 1 fully saturated rings. The molecule has 6 rings (SSSR count). The van der Waals surface area contributed by atoms with Crippen molar-refractivity contribution in [3.63, 3.8) is 0 Å². The summed E-state index contributed by atoms with van der Waals surface area (Å²) in [5, 5.41) is 10.6. The van der Waals surface area contributed by atoms with Crippen molar-refractivity contribution in [1.29, 1.82) is 0 Å². The number of hydrogen-bond acceptors (Lipinski definition) is 5. The Hall–Kier alpha value is -3.16. The predicted molar refractivity (Wildman–Crippen MR) is 136 cm³/mol. The van der Waals surface area contributed by atoms with Crippen LogP contribution in [-0.2, 0) is 12.0 Å². The zero-order valence-electron chi connectivity index (χ0n) is 20.5. The van der Waals surface area contributed by atoms with Gasteiger partial charge < -0.3 is 19.8 Å². The highest BCUT2D eigenvalue weighted by Gasteiger charge is 2.39. The summed E-state index contributed by atoms with van der Waals surface area (Å²) in [4.78, 5) is 11.6. The molecule has 3 aliphatic rings. The lowest BCUT2D eigenvalue weighted by Gasteiger charge is -2.27. The molecular formula is C28H32FN5O. The van der Waals surface area contributed by atoms with E-state index in [1.54, 1.807) is 12.1 Å². The fraction of sp³-hybridized carbons (Fsp3) is 0.393. The topological polar surface area (TPSA) is 47.8 Å². The van der Waals surface area contributed by atoms with Crippen LogP contribution in [-0.4, -0.2) is 70.8 Å². The molecule has 35 heavy (non-hydrogen) atoms. The molecule has 0 aliphatic carbocycles. The molecule has 1 aromatic heterocycles.